The summed E-state index contributed by atoms with van der Waals surface area (Å²) in [4.78, 5) is 12.2. The molecule has 166 valence electrons. The van der Waals surface area contributed by atoms with Gasteiger partial charge in [-0.2, -0.15) is 5.10 Å². The molecule has 1 N–H and O–H groups in total. The highest BCUT2D eigenvalue weighted by Crippen LogP contribution is 2.24. The van der Waals surface area contributed by atoms with E-state index in [2.05, 4.69) is 46.4 Å². The van der Waals surface area contributed by atoms with Crippen LogP contribution in [0, 0.1) is 6.92 Å². The Kier molecular flexibility index (Phi) is 8.45. The molecule has 0 unspecified atom stereocenters. The van der Waals surface area contributed by atoms with Crippen LogP contribution in [-0.2, 0) is 11.4 Å². The van der Waals surface area contributed by atoms with Gasteiger partial charge in [-0.25, -0.2) is 5.43 Å². The van der Waals surface area contributed by atoms with Crippen molar-refractivity contribution in [2.75, 3.05) is 6.61 Å². The lowest BCUT2D eigenvalue weighted by molar-refractivity contribution is -0.123. The standard InChI is InChI=1S/C26H27BrN2O3/c1-18(2)21-12-11-19(3)25(14-21)32-17-26(30)29-28-15-22-8-4-5-10-24(22)31-16-20-7-6-9-23(27)13-20/h4-15,18H,16-17H2,1-3H3,(H,29,30). The second kappa shape index (κ2) is 11.5. The SMILES string of the molecule is Cc1ccc(C(C)C)cc1OCC(=O)NN=Cc1ccccc1OCc1cccc(Br)c1. The van der Waals surface area contributed by atoms with Crippen molar-refractivity contribution in [3.63, 3.8) is 0 Å². The summed E-state index contributed by atoms with van der Waals surface area (Å²) in [6.07, 6.45) is 1.57. The summed E-state index contributed by atoms with van der Waals surface area (Å²) >= 11 is 3.46. The van der Waals surface area contributed by atoms with Crippen LogP contribution in [-0.4, -0.2) is 18.7 Å². The number of halogens is 1. The van der Waals surface area contributed by atoms with Gasteiger partial charge in [0.25, 0.3) is 5.91 Å². The minimum Gasteiger partial charge on any atom is -0.488 e. The van der Waals surface area contributed by atoms with Crippen LogP contribution in [0.5, 0.6) is 11.5 Å². The zero-order valence-electron chi connectivity index (χ0n) is 18.5. The van der Waals surface area contributed by atoms with Gasteiger partial charge in [0.05, 0.1) is 6.21 Å². The van der Waals surface area contributed by atoms with Gasteiger partial charge in [0, 0.05) is 10.0 Å². The molecule has 3 aromatic carbocycles. The number of hydrogen-bond acceptors (Lipinski definition) is 4. The highest BCUT2D eigenvalue weighted by atomic mass is 79.9. The molecule has 0 aliphatic rings. The van der Waals surface area contributed by atoms with Crippen LogP contribution in [0.1, 0.15) is 42.0 Å². The highest BCUT2D eigenvalue weighted by molar-refractivity contribution is 9.10. The number of ether oxygens (including phenoxy) is 2. The van der Waals surface area contributed by atoms with Gasteiger partial charge in [-0.1, -0.05) is 66.2 Å². The lowest BCUT2D eigenvalue weighted by Gasteiger charge is -2.12. The summed E-state index contributed by atoms with van der Waals surface area (Å²) in [5.74, 6) is 1.45. The van der Waals surface area contributed by atoms with Crippen molar-refractivity contribution >= 4 is 28.1 Å². The molecule has 0 atom stereocenters. The monoisotopic (exact) mass is 494 g/mol. The molecule has 0 fully saturated rings. The van der Waals surface area contributed by atoms with Crippen molar-refractivity contribution < 1.29 is 14.3 Å². The highest BCUT2D eigenvalue weighted by Gasteiger charge is 2.08. The van der Waals surface area contributed by atoms with Gasteiger partial charge in [0.15, 0.2) is 6.61 Å². The van der Waals surface area contributed by atoms with Gasteiger partial charge in [-0.3, -0.25) is 4.79 Å². The molecule has 32 heavy (non-hydrogen) atoms. The Morgan fingerprint density at radius 3 is 2.62 bits per heavy atom. The fourth-order valence-corrected chi connectivity index (χ4v) is 3.43. The van der Waals surface area contributed by atoms with Crippen molar-refractivity contribution in [1.82, 2.24) is 5.43 Å². The van der Waals surface area contributed by atoms with Gasteiger partial charge in [-0.15, -0.1) is 0 Å². The van der Waals surface area contributed by atoms with Crippen LogP contribution >= 0.6 is 15.9 Å². The van der Waals surface area contributed by atoms with E-state index in [9.17, 15) is 4.79 Å². The first-order valence-corrected chi connectivity index (χ1v) is 11.2. The van der Waals surface area contributed by atoms with E-state index in [4.69, 9.17) is 9.47 Å². The van der Waals surface area contributed by atoms with E-state index < -0.39 is 0 Å². The third kappa shape index (κ3) is 6.95. The average Bonchev–Trinajstić information content (AvgIpc) is 2.78. The number of hydrazone groups is 1. The Bertz CT molecular complexity index is 1100. The minimum absolute atomic E-state index is 0.110. The largest absolute Gasteiger partial charge is 0.488 e. The zero-order chi connectivity index (χ0) is 22.9. The van der Waals surface area contributed by atoms with E-state index >= 15 is 0 Å². The van der Waals surface area contributed by atoms with Gasteiger partial charge in [0.1, 0.15) is 18.1 Å². The molecule has 0 saturated carbocycles. The van der Waals surface area contributed by atoms with Crippen LogP contribution in [0.2, 0.25) is 0 Å². The second-order valence-corrected chi connectivity index (χ2v) is 8.63. The molecule has 0 radical (unpaired) electrons. The molecule has 0 saturated heterocycles. The third-order valence-corrected chi connectivity index (χ3v) is 5.33. The Morgan fingerprint density at radius 2 is 1.84 bits per heavy atom. The fraction of sp³-hybridized carbons (Fsp3) is 0.231. The Balaban J connectivity index is 1.54. The number of amides is 1. The average molecular weight is 495 g/mol. The molecule has 3 rings (SSSR count). The maximum absolute atomic E-state index is 12.2. The number of hydrogen-bond donors (Lipinski definition) is 1. The molecule has 0 aliphatic carbocycles. The number of aryl methyl sites for hydroxylation is 1. The number of benzene rings is 3. The first-order valence-electron chi connectivity index (χ1n) is 10.4. The Morgan fingerprint density at radius 1 is 1.03 bits per heavy atom. The fourth-order valence-electron chi connectivity index (χ4n) is 2.99. The lowest BCUT2D eigenvalue weighted by Crippen LogP contribution is -2.24. The van der Waals surface area contributed by atoms with Gasteiger partial charge in [-0.05, 0) is 59.9 Å². The lowest BCUT2D eigenvalue weighted by atomic mass is 10.0. The van der Waals surface area contributed by atoms with Crippen molar-refractivity contribution in [1.29, 1.82) is 0 Å². The summed E-state index contributed by atoms with van der Waals surface area (Å²) in [6, 6.07) is 21.5. The molecule has 1 amide bonds. The van der Waals surface area contributed by atoms with Crippen LogP contribution in [0.25, 0.3) is 0 Å². The van der Waals surface area contributed by atoms with E-state index in [-0.39, 0.29) is 12.5 Å². The van der Waals surface area contributed by atoms with Crippen LogP contribution in [0.3, 0.4) is 0 Å². The molecular formula is C26H27BrN2O3. The number of nitrogens with one attached hydrogen (secondary N) is 1. The maximum atomic E-state index is 12.2. The molecule has 0 spiro atoms. The van der Waals surface area contributed by atoms with Crippen molar-refractivity contribution in [2.45, 2.75) is 33.3 Å². The topological polar surface area (TPSA) is 59.9 Å². The number of carbonyl (C=O) groups is 1. The summed E-state index contributed by atoms with van der Waals surface area (Å²) in [6.45, 7) is 6.52. The number of para-hydroxylation sites is 1. The van der Waals surface area contributed by atoms with Crippen molar-refractivity contribution in [2.24, 2.45) is 5.10 Å². The molecule has 5 nitrogen and oxygen atoms in total. The molecule has 0 heterocycles. The Hall–Kier alpha value is -3.12. The number of nitrogens with zero attached hydrogens (tertiary/aromatic N) is 1. The first kappa shape index (κ1) is 23.5. The van der Waals surface area contributed by atoms with Crippen molar-refractivity contribution in [3.8, 4) is 11.5 Å². The van der Waals surface area contributed by atoms with Crippen LogP contribution in [0.15, 0.2) is 76.3 Å². The van der Waals surface area contributed by atoms with E-state index in [1.807, 2.05) is 67.6 Å². The molecule has 0 aliphatic heterocycles. The van der Waals surface area contributed by atoms with Crippen LogP contribution in [0.4, 0.5) is 0 Å². The van der Waals surface area contributed by atoms with E-state index in [0.717, 1.165) is 21.2 Å². The van der Waals surface area contributed by atoms with Crippen LogP contribution < -0.4 is 14.9 Å². The van der Waals surface area contributed by atoms with Gasteiger partial charge in [0.2, 0.25) is 0 Å². The quantitative estimate of drug-likeness (QED) is 0.293. The van der Waals surface area contributed by atoms with Gasteiger partial charge < -0.3 is 9.47 Å². The van der Waals surface area contributed by atoms with E-state index in [1.165, 1.54) is 5.56 Å². The summed E-state index contributed by atoms with van der Waals surface area (Å²) < 4.78 is 12.6. The van der Waals surface area contributed by atoms with Crippen molar-refractivity contribution in [3.05, 3.63) is 93.5 Å². The normalized spacial score (nSPS) is 11.0. The predicted molar refractivity (Wildman–Crippen MR) is 131 cm³/mol. The summed E-state index contributed by atoms with van der Waals surface area (Å²) in [7, 11) is 0. The summed E-state index contributed by atoms with van der Waals surface area (Å²) in [5, 5.41) is 4.06. The Labute approximate surface area is 197 Å². The smallest absolute Gasteiger partial charge is 0.277 e. The first-order chi connectivity index (χ1) is 15.4. The molecule has 0 bridgehead atoms. The molecule has 3 aromatic rings. The molecular weight excluding hydrogens is 468 g/mol. The number of rotatable bonds is 9. The second-order valence-electron chi connectivity index (χ2n) is 7.72. The van der Waals surface area contributed by atoms with Gasteiger partial charge >= 0.3 is 0 Å². The number of carbonyl (C=O) groups excluding carboxylic acids is 1. The maximum Gasteiger partial charge on any atom is 0.277 e. The van der Waals surface area contributed by atoms with E-state index in [1.54, 1.807) is 6.21 Å². The van der Waals surface area contributed by atoms with E-state index in [0.29, 0.717) is 24.0 Å². The molecule has 0 aromatic heterocycles. The molecule has 6 heteroatoms. The zero-order valence-corrected chi connectivity index (χ0v) is 20.1. The predicted octanol–water partition coefficient (Wildman–Crippen LogP) is 5.99. The third-order valence-electron chi connectivity index (χ3n) is 4.83. The minimum atomic E-state index is -0.330. The summed E-state index contributed by atoms with van der Waals surface area (Å²) in [5.41, 5.74) is 6.49.